The number of carbonyl (C=O) groups excluding carboxylic acids is 2. The van der Waals surface area contributed by atoms with Crippen LogP contribution in [0.4, 0.5) is 4.79 Å². The Balaban J connectivity index is 1.77. The van der Waals surface area contributed by atoms with Gasteiger partial charge in [0.15, 0.2) is 0 Å². The van der Waals surface area contributed by atoms with Gasteiger partial charge in [0.2, 0.25) is 0 Å². The molecule has 0 saturated carbocycles. The molecule has 7 heteroatoms. The molecule has 1 amide bonds. The van der Waals surface area contributed by atoms with Gasteiger partial charge in [-0.3, -0.25) is 0 Å². The molecule has 6 nitrogen and oxygen atoms in total. The van der Waals surface area contributed by atoms with Crippen LogP contribution in [0.15, 0.2) is 48.5 Å². The largest absolute Gasteiger partial charge is 0.490 e. The molecule has 0 aliphatic carbocycles. The maximum atomic E-state index is 11.9. The van der Waals surface area contributed by atoms with Gasteiger partial charge in [-0.05, 0) is 23.8 Å². The zero-order valence-electron chi connectivity index (χ0n) is 14.6. The number of nitrogens with zero attached hydrogens (tertiary/aromatic N) is 1. The van der Waals surface area contributed by atoms with E-state index in [1.54, 1.807) is 19.2 Å². The van der Waals surface area contributed by atoms with Crippen molar-refractivity contribution in [2.75, 3.05) is 27.3 Å². The third kappa shape index (κ3) is 5.67. The third-order valence-electron chi connectivity index (χ3n) is 3.55. The Morgan fingerprint density at radius 3 is 2.50 bits per heavy atom. The highest BCUT2D eigenvalue weighted by Crippen LogP contribution is 2.25. The number of benzene rings is 2. The molecule has 2 rings (SSSR count). The molecule has 2 aromatic carbocycles. The lowest BCUT2D eigenvalue weighted by Crippen LogP contribution is -2.31. The monoisotopic (exact) mass is 377 g/mol. The van der Waals surface area contributed by atoms with Gasteiger partial charge >= 0.3 is 12.1 Å². The molecule has 0 N–H and O–H groups in total. The Hall–Kier alpha value is -2.73. The maximum absolute atomic E-state index is 11.9. The van der Waals surface area contributed by atoms with E-state index in [2.05, 4.69) is 4.74 Å². The van der Waals surface area contributed by atoms with E-state index in [1.807, 2.05) is 30.3 Å². The first-order valence-electron chi connectivity index (χ1n) is 7.93. The van der Waals surface area contributed by atoms with Gasteiger partial charge in [0, 0.05) is 7.05 Å². The van der Waals surface area contributed by atoms with E-state index >= 15 is 0 Å². The van der Waals surface area contributed by atoms with Crippen molar-refractivity contribution in [1.82, 2.24) is 4.90 Å². The average molecular weight is 378 g/mol. The van der Waals surface area contributed by atoms with Gasteiger partial charge in [0.25, 0.3) is 0 Å². The Kier molecular flexibility index (Phi) is 7.29. The van der Waals surface area contributed by atoms with Crippen molar-refractivity contribution in [3.63, 3.8) is 0 Å². The molecule has 0 heterocycles. The Morgan fingerprint density at radius 2 is 1.85 bits per heavy atom. The van der Waals surface area contributed by atoms with Crippen LogP contribution >= 0.6 is 11.6 Å². The standard InChI is InChI=1S/C19H20ClNO5/c1-21(19(23)26-13-14-6-4-3-5-7-14)10-11-25-17-9-8-15(12-16(17)20)18(22)24-2/h3-9,12H,10-11,13H2,1-2H3. The SMILES string of the molecule is COC(=O)c1ccc(OCCN(C)C(=O)OCc2ccccc2)c(Cl)c1. The molecule has 0 aliphatic heterocycles. The Morgan fingerprint density at radius 1 is 1.12 bits per heavy atom. The van der Waals surface area contributed by atoms with Gasteiger partial charge in [0.1, 0.15) is 19.0 Å². The summed E-state index contributed by atoms with van der Waals surface area (Å²) in [5.41, 5.74) is 1.26. The van der Waals surface area contributed by atoms with Crippen LogP contribution in [-0.4, -0.2) is 44.3 Å². The van der Waals surface area contributed by atoms with E-state index in [9.17, 15) is 9.59 Å². The minimum atomic E-state index is -0.473. The van der Waals surface area contributed by atoms with Crippen molar-refractivity contribution in [2.24, 2.45) is 0 Å². The normalized spacial score (nSPS) is 10.1. The maximum Gasteiger partial charge on any atom is 0.409 e. The summed E-state index contributed by atoms with van der Waals surface area (Å²) in [5.74, 6) is -0.0512. The lowest BCUT2D eigenvalue weighted by molar-refractivity contribution is 0.0600. The number of esters is 1. The number of likely N-dealkylation sites (N-methyl/N-ethyl adjacent to an activating group) is 1. The van der Waals surface area contributed by atoms with Crippen LogP contribution in [0.25, 0.3) is 0 Å². The first-order valence-corrected chi connectivity index (χ1v) is 8.31. The number of ether oxygens (including phenoxy) is 3. The highest BCUT2D eigenvalue weighted by atomic mass is 35.5. The molecular weight excluding hydrogens is 358 g/mol. The molecule has 2 aromatic rings. The van der Waals surface area contributed by atoms with E-state index in [-0.39, 0.29) is 13.2 Å². The van der Waals surface area contributed by atoms with E-state index in [4.69, 9.17) is 21.1 Å². The molecule has 0 saturated heterocycles. The quantitative estimate of drug-likeness (QED) is 0.687. The van der Waals surface area contributed by atoms with E-state index in [0.29, 0.717) is 22.9 Å². The zero-order valence-corrected chi connectivity index (χ0v) is 15.4. The minimum absolute atomic E-state index is 0.214. The van der Waals surface area contributed by atoms with Gasteiger partial charge in [-0.1, -0.05) is 41.9 Å². The summed E-state index contributed by atoms with van der Waals surface area (Å²) in [6, 6.07) is 14.1. The number of methoxy groups -OCH3 is 1. The molecule has 26 heavy (non-hydrogen) atoms. The summed E-state index contributed by atoms with van der Waals surface area (Å²) < 4.78 is 15.4. The summed E-state index contributed by atoms with van der Waals surface area (Å²) in [5, 5.41) is 0.294. The molecule has 0 aliphatic rings. The highest BCUT2D eigenvalue weighted by molar-refractivity contribution is 6.32. The van der Waals surface area contributed by atoms with Crippen molar-refractivity contribution < 1.29 is 23.8 Å². The number of hydrogen-bond acceptors (Lipinski definition) is 5. The summed E-state index contributed by atoms with van der Waals surface area (Å²) in [6.07, 6.45) is -0.440. The number of rotatable bonds is 7. The van der Waals surface area contributed by atoms with Gasteiger partial charge in [-0.15, -0.1) is 0 Å². The number of halogens is 1. The Bertz CT molecular complexity index is 751. The zero-order chi connectivity index (χ0) is 18.9. The predicted octanol–water partition coefficient (Wildman–Crippen LogP) is 3.77. The van der Waals surface area contributed by atoms with Gasteiger partial charge < -0.3 is 19.1 Å². The van der Waals surface area contributed by atoms with Gasteiger partial charge in [0.05, 0.1) is 24.2 Å². The van der Waals surface area contributed by atoms with Crippen LogP contribution < -0.4 is 4.74 Å². The minimum Gasteiger partial charge on any atom is -0.490 e. The number of hydrogen-bond donors (Lipinski definition) is 0. The van der Waals surface area contributed by atoms with Crippen molar-refractivity contribution in [3.8, 4) is 5.75 Å². The van der Waals surface area contributed by atoms with Crippen LogP contribution in [-0.2, 0) is 16.1 Å². The van der Waals surface area contributed by atoms with Crippen molar-refractivity contribution in [1.29, 1.82) is 0 Å². The molecule has 0 fully saturated rings. The lowest BCUT2D eigenvalue weighted by Gasteiger charge is -2.17. The van der Waals surface area contributed by atoms with Crippen LogP contribution in [0.1, 0.15) is 15.9 Å². The van der Waals surface area contributed by atoms with Crippen molar-refractivity contribution in [3.05, 3.63) is 64.7 Å². The van der Waals surface area contributed by atoms with E-state index in [0.717, 1.165) is 5.56 Å². The van der Waals surface area contributed by atoms with Crippen LogP contribution in [0.2, 0.25) is 5.02 Å². The second-order valence-corrected chi connectivity index (χ2v) is 5.85. The molecule has 0 spiro atoms. The molecule has 0 bridgehead atoms. The third-order valence-corrected chi connectivity index (χ3v) is 3.85. The molecule has 0 radical (unpaired) electrons. The second-order valence-electron chi connectivity index (χ2n) is 5.45. The predicted molar refractivity (Wildman–Crippen MR) is 97.5 cm³/mol. The van der Waals surface area contributed by atoms with Crippen molar-refractivity contribution >= 4 is 23.7 Å². The van der Waals surface area contributed by atoms with Gasteiger partial charge in [-0.2, -0.15) is 0 Å². The fourth-order valence-corrected chi connectivity index (χ4v) is 2.31. The summed E-state index contributed by atoms with van der Waals surface area (Å²) in [6.45, 7) is 0.766. The molecule has 0 unspecified atom stereocenters. The van der Waals surface area contributed by atoms with Gasteiger partial charge in [-0.25, -0.2) is 9.59 Å². The number of carbonyl (C=O) groups is 2. The Labute approximate surface area is 157 Å². The summed E-state index contributed by atoms with van der Waals surface area (Å²) in [4.78, 5) is 24.8. The van der Waals surface area contributed by atoms with Crippen molar-refractivity contribution in [2.45, 2.75) is 6.61 Å². The summed E-state index contributed by atoms with van der Waals surface area (Å²) >= 11 is 6.09. The first-order chi connectivity index (χ1) is 12.5. The van der Waals surface area contributed by atoms with Crippen LogP contribution in [0, 0.1) is 0 Å². The summed E-state index contributed by atoms with van der Waals surface area (Å²) in [7, 11) is 2.92. The van der Waals surface area contributed by atoms with E-state index in [1.165, 1.54) is 18.1 Å². The van der Waals surface area contributed by atoms with Crippen LogP contribution in [0.5, 0.6) is 5.75 Å². The second kappa shape index (κ2) is 9.68. The highest BCUT2D eigenvalue weighted by Gasteiger charge is 2.12. The average Bonchev–Trinajstić information content (AvgIpc) is 2.67. The fourth-order valence-electron chi connectivity index (χ4n) is 2.08. The molecule has 0 atom stereocenters. The first kappa shape index (κ1) is 19.6. The fraction of sp³-hybridized carbons (Fsp3) is 0.263. The smallest absolute Gasteiger partial charge is 0.409 e. The topological polar surface area (TPSA) is 65.1 Å². The number of amides is 1. The van der Waals surface area contributed by atoms with E-state index < -0.39 is 12.1 Å². The molecular formula is C19H20ClNO5. The molecule has 0 aromatic heterocycles. The molecule has 138 valence electrons. The van der Waals surface area contributed by atoms with Crippen LogP contribution in [0.3, 0.4) is 0 Å². The lowest BCUT2D eigenvalue weighted by atomic mass is 10.2.